The van der Waals surface area contributed by atoms with Gasteiger partial charge in [-0.25, -0.2) is 4.79 Å². The van der Waals surface area contributed by atoms with E-state index in [9.17, 15) is 15.0 Å². The molecule has 41 heavy (non-hydrogen) atoms. The standard InChI is InChI=1S/C35H62O6/c1-3-4-5-6-7-8-9-10-14-17-20-29(36)31-22-24-33(40-31)34-25-23-32(41-34)30(37)21-18-15-12-11-13-16-19-28-26-27(2)39-35(28)38/h26-27,29-34,36-37H,3-25H2,1-2H3. The summed E-state index contributed by atoms with van der Waals surface area (Å²) in [5.41, 5.74) is 0.842. The van der Waals surface area contributed by atoms with Gasteiger partial charge in [0, 0.05) is 5.57 Å². The minimum Gasteiger partial charge on any atom is -0.455 e. The van der Waals surface area contributed by atoms with Gasteiger partial charge < -0.3 is 24.4 Å². The van der Waals surface area contributed by atoms with Crippen molar-refractivity contribution in [1.82, 2.24) is 0 Å². The molecule has 3 aliphatic heterocycles. The highest BCUT2D eigenvalue weighted by atomic mass is 16.6. The Kier molecular flexibility index (Phi) is 16.9. The summed E-state index contributed by atoms with van der Waals surface area (Å²) in [6, 6.07) is 0. The van der Waals surface area contributed by atoms with Crippen LogP contribution in [0.3, 0.4) is 0 Å². The van der Waals surface area contributed by atoms with Crippen molar-refractivity contribution in [3.05, 3.63) is 11.6 Å². The molecule has 0 radical (unpaired) electrons. The van der Waals surface area contributed by atoms with Crippen molar-refractivity contribution >= 4 is 5.97 Å². The van der Waals surface area contributed by atoms with Gasteiger partial charge in [-0.2, -0.15) is 0 Å². The fraction of sp³-hybridized carbons (Fsp3) is 0.914. The number of esters is 1. The quantitative estimate of drug-likeness (QED) is 0.0941. The van der Waals surface area contributed by atoms with E-state index in [0.29, 0.717) is 0 Å². The Balaban J connectivity index is 1.16. The Bertz CT molecular complexity index is 738. The number of rotatable bonds is 23. The van der Waals surface area contributed by atoms with Crippen LogP contribution in [0.5, 0.6) is 0 Å². The fourth-order valence-corrected chi connectivity index (χ4v) is 6.90. The molecule has 2 fully saturated rings. The van der Waals surface area contributed by atoms with Crippen LogP contribution in [0.15, 0.2) is 11.6 Å². The van der Waals surface area contributed by atoms with E-state index >= 15 is 0 Å². The molecular formula is C35H62O6. The monoisotopic (exact) mass is 578 g/mol. The first-order valence-corrected chi connectivity index (χ1v) is 17.6. The van der Waals surface area contributed by atoms with E-state index in [1.165, 1.54) is 70.6 Å². The van der Waals surface area contributed by atoms with E-state index in [0.717, 1.165) is 82.6 Å². The van der Waals surface area contributed by atoms with Gasteiger partial charge in [-0.1, -0.05) is 103 Å². The zero-order valence-electron chi connectivity index (χ0n) is 26.4. The first-order valence-electron chi connectivity index (χ1n) is 17.6. The van der Waals surface area contributed by atoms with Gasteiger partial charge >= 0.3 is 5.97 Å². The summed E-state index contributed by atoms with van der Waals surface area (Å²) in [5.74, 6) is -0.139. The van der Waals surface area contributed by atoms with Crippen molar-refractivity contribution in [1.29, 1.82) is 0 Å². The average molecular weight is 579 g/mol. The number of hydrogen-bond donors (Lipinski definition) is 2. The summed E-state index contributed by atoms with van der Waals surface area (Å²) in [7, 11) is 0. The van der Waals surface area contributed by atoms with E-state index in [-0.39, 0.29) is 42.6 Å². The molecular weight excluding hydrogens is 516 g/mol. The predicted molar refractivity (Wildman–Crippen MR) is 165 cm³/mol. The van der Waals surface area contributed by atoms with Crippen LogP contribution in [-0.4, -0.2) is 58.9 Å². The van der Waals surface area contributed by atoms with Crippen molar-refractivity contribution < 1.29 is 29.2 Å². The van der Waals surface area contributed by atoms with E-state index in [1.807, 2.05) is 13.0 Å². The lowest BCUT2D eigenvalue weighted by atomic mass is 10.00. The second kappa shape index (κ2) is 20.1. The number of aliphatic hydroxyl groups excluding tert-OH is 2. The molecule has 3 heterocycles. The zero-order chi connectivity index (χ0) is 29.3. The largest absolute Gasteiger partial charge is 0.455 e. The highest BCUT2D eigenvalue weighted by molar-refractivity contribution is 5.90. The van der Waals surface area contributed by atoms with Crippen LogP contribution >= 0.6 is 0 Å². The molecule has 7 unspecified atom stereocenters. The normalized spacial score (nSPS) is 27.8. The Morgan fingerprint density at radius 3 is 1.56 bits per heavy atom. The van der Waals surface area contributed by atoms with Crippen LogP contribution in [0.1, 0.15) is 162 Å². The summed E-state index contributed by atoms with van der Waals surface area (Å²) >= 11 is 0. The number of aliphatic hydroxyl groups is 2. The van der Waals surface area contributed by atoms with Gasteiger partial charge in [-0.15, -0.1) is 0 Å². The number of ether oxygens (including phenoxy) is 3. The molecule has 0 bridgehead atoms. The van der Waals surface area contributed by atoms with Crippen molar-refractivity contribution in [2.45, 2.75) is 204 Å². The molecule has 238 valence electrons. The van der Waals surface area contributed by atoms with Gasteiger partial charge in [0.2, 0.25) is 0 Å². The van der Waals surface area contributed by atoms with Crippen molar-refractivity contribution in [2.24, 2.45) is 0 Å². The van der Waals surface area contributed by atoms with Gasteiger partial charge in [-0.3, -0.25) is 0 Å². The molecule has 2 saturated heterocycles. The maximum Gasteiger partial charge on any atom is 0.334 e. The van der Waals surface area contributed by atoms with Crippen molar-refractivity contribution in [3.63, 3.8) is 0 Å². The molecule has 0 amide bonds. The topological polar surface area (TPSA) is 85.2 Å². The second-order valence-corrected chi connectivity index (χ2v) is 13.1. The Labute approximate surface area is 251 Å². The smallest absolute Gasteiger partial charge is 0.334 e. The molecule has 2 N–H and O–H groups in total. The number of hydrogen-bond acceptors (Lipinski definition) is 6. The molecule has 3 rings (SSSR count). The lowest BCUT2D eigenvalue weighted by Gasteiger charge is -2.24. The van der Waals surface area contributed by atoms with E-state index < -0.39 is 6.10 Å². The van der Waals surface area contributed by atoms with Crippen LogP contribution in [0.4, 0.5) is 0 Å². The second-order valence-electron chi connectivity index (χ2n) is 13.1. The number of carbonyl (C=O) groups excluding carboxylic acids is 1. The van der Waals surface area contributed by atoms with Crippen LogP contribution in [-0.2, 0) is 19.0 Å². The van der Waals surface area contributed by atoms with Gasteiger partial charge in [0.1, 0.15) is 6.10 Å². The lowest BCUT2D eigenvalue weighted by Crippen LogP contribution is -2.33. The first kappa shape index (κ1) is 34.5. The van der Waals surface area contributed by atoms with Gasteiger partial charge in [-0.05, 0) is 64.4 Å². The summed E-state index contributed by atoms with van der Waals surface area (Å²) in [5, 5.41) is 21.4. The molecule has 0 saturated carbocycles. The SMILES string of the molecule is CCCCCCCCCCCCC(O)C1CCC(C2CCC(C(O)CCCCCCCCC3=CC(C)OC3=O)O2)O1. The van der Waals surface area contributed by atoms with E-state index in [2.05, 4.69) is 6.92 Å². The fourth-order valence-electron chi connectivity index (χ4n) is 6.90. The average Bonchev–Trinajstić information content (AvgIpc) is 3.71. The number of unbranched alkanes of at least 4 members (excludes halogenated alkanes) is 14. The Morgan fingerprint density at radius 1 is 0.683 bits per heavy atom. The molecule has 3 aliphatic rings. The summed E-state index contributed by atoms with van der Waals surface area (Å²) in [4.78, 5) is 11.7. The third-order valence-electron chi connectivity index (χ3n) is 9.48. The molecule has 0 aromatic carbocycles. The summed E-state index contributed by atoms with van der Waals surface area (Å²) in [6.07, 6.45) is 27.0. The highest BCUT2D eigenvalue weighted by Gasteiger charge is 2.40. The first-order chi connectivity index (χ1) is 20.0. The molecule has 0 spiro atoms. The molecule has 7 atom stereocenters. The van der Waals surface area contributed by atoms with Crippen molar-refractivity contribution in [2.75, 3.05) is 0 Å². The van der Waals surface area contributed by atoms with Crippen LogP contribution in [0.25, 0.3) is 0 Å². The Morgan fingerprint density at radius 2 is 1.12 bits per heavy atom. The summed E-state index contributed by atoms with van der Waals surface area (Å²) in [6.45, 7) is 4.17. The maximum absolute atomic E-state index is 11.7. The minimum absolute atomic E-state index is 0.0550. The maximum atomic E-state index is 11.7. The Hall–Kier alpha value is -0.950. The highest BCUT2D eigenvalue weighted by Crippen LogP contribution is 2.34. The lowest BCUT2D eigenvalue weighted by molar-refractivity contribution is -0.139. The van der Waals surface area contributed by atoms with Gasteiger partial charge in [0.15, 0.2) is 0 Å². The zero-order valence-corrected chi connectivity index (χ0v) is 26.4. The molecule has 0 aromatic rings. The third kappa shape index (κ3) is 13.1. The van der Waals surface area contributed by atoms with Crippen LogP contribution in [0, 0.1) is 0 Å². The predicted octanol–water partition coefficient (Wildman–Crippen LogP) is 8.11. The molecule has 0 aromatic heterocycles. The third-order valence-corrected chi connectivity index (χ3v) is 9.48. The minimum atomic E-state index is -0.401. The number of cyclic esters (lactones) is 1. The van der Waals surface area contributed by atoms with Gasteiger partial charge in [0.05, 0.1) is 36.6 Å². The molecule has 0 aliphatic carbocycles. The van der Waals surface area contributed by atoms with Crippen LogP contribution < -0.4 is 0 Å². The van der Waals surface area contributed by atoms with Crippen LogP contribution in [0.2, 0.25) is 0 Å². The molecule has 6 nitrogen and oxygen atoms in total. The van der Waals surface area contributed by atoms with Gasteiger partial charge in [0.25, 0.3) is 0 Å². The van der Waals surface area contributed by atoms with E-state index in [1.54, 1.807) is 0 Å². The molecule has 6 heteroatoms. The van der Waals surface area contributed by atoms with Crippen molar-refractivity contribution in [3.8, 4) is 0 Å². The van der Waals surface area contributed by atoms with E-state index in [4.69, 9.17) is 14.2 Å². The summed E-state index contributed by atoms with van der Waals surface area (Å²) < 4.78 is 17.7. The number of carbonyl (C=O) groups is 1.